The number of carbonyl (C=O) groups is 1. The quantitative estimate of drug-likeness (QED) is 0.719. The van der Waals surface area contributed by atoms with Crippen LogP contribution in [-0.2, 0) is 12.6 Å². The highest BCUT2D eigenvalue weighted by atomic mass is 32.1. The number of fused-ring (bicyclic) bond motifs is 1. The molecule has 0 aliphatic carbocycles. The largest absolute Gasteiger partial charge is 0.431 e. The number of halogens is 3. The van der Waals surface area contributed by atoms with Gasteiger partial charge in [-0.2, -0.15) is 13.2 Å². The molecule has 3 nitrogen and oxygen atoms in total. The Labute approximate surface area is 127 Å². The summed E-state index contributed by atoms with van der Waals surface area (Å²) >= 11 is 1.33. The number of thiophene rings is 1. The molecule has 2 N–H and O–H groups in total. The van der Waals surface area contributed by atoms with Gasteiger partial charge >= 0.3 is 6.18 Å². The SMILES string of the molecule is Nc1ccc2c(c1)cc(C(F)(F)F)n2C(=O)Cc1cccs1. The predicted octanol–water partition coefficient (Wildman–Crippen LogP) is 4.19. The highest BCUT2D eigenvalue weighted by Crippen LogP contribution is 2.35. The normalized spacial score (nSPS) is 12.0. The third-order valence-corrected chi connectivity index (χ3v) is 4.15. The van der Waals surface area contributed by atoms with Crippen molar-refractivity contribution in [3.05, 3.63) is 52.3 Å². The maximum atomic E-state index is 13.2. The molecule has 0 unspecified atom stereocenters. The minimum absolute atomic E-state index is 0.0745. The average molecular weight is 324 g/mol. The Morgan fingerprint density at radius 3 is 2.64 bits per heavy atom. The van der Waals surface area contributed by atoms with Crippen molar-refractivity contribution in [2.75, 3.05) is 5.73 Å². The lowest BCUT2D eigenvalue weighted by Crippen LogP contribution is -2.21. The fourth-order valence-electron chi connectivity index (χ4n) is 2.35. The molecule has 114 valence electrons. The van der Waals surface area contributed by atoms with E-state index in [0.29, 0.717) is 11.1 Å². The molecule has 0 saturated heterocycles. The third kappa shape index (κ3) is 2.59. The predicted molar refractivity (Wildman–Crippen MR) is 80.0 cm³/mol. The zero-order valence-corrected chi connectivity index (χ0v) is 12.0. The molecule has 0 spiro atoms. The van der Waals surface area contributed by atoms with Gasteiger partial charge in [-0.05, 0) is 35.7 Å². The monoisotopic (exact) mass is 324 g/mol. The number of nitrogens with two attached hydrogens (primary N) is 1. The molecule has 7 heteroatoms. The highest BCUT2D eigenvalue weighted by molar-refractivity contribution is 7.10. The van der Waals surface area contributed by atoms with Crippen LogP contribution in [0.1, 0.15) is 15.4 Å². The topological polar surface area (TPSA) is 48.0 Å². The molecule has 0 aliphatic rings. The maximum Gasteiger partial charge on any atom is 0.431 e. The van der Waals surface area contributed by atoms with E-state index >= 15 is 0 Å². The van der Waals surface area contributed by atoms with Crippen molar-refractivity contribution in [3.8, 4) is 0 Å². The summed E-state index contributed by atoms with van der Waals surface area (Å²) in [6.07, 6.45) is -4.69. The summed E-state index contributed by atoms with van der Waals surface area (Å²) in [5.74, 6) is -0.616. The number of nitrogen functional groups attached to an aromatic ring is 1. The summed E-state index contributed by atoms with van der Waals surface area (Å²) in [5.41, 5.74) is 5.19. The van der Waals surface area contributed by atoms with E-state index in [-0.39, 0.29) is 11.9 Å². The van der Waals surface area contributed by atoms with Crippen molar-refractivity contribution < 1.29 is 18.0 Å². The van der Waals surface area contributed by atoms with E-state index < -0.39 is 17.8 Å². The molecule has 0 bridgehead atoms. The van der Waals surface area contributed by atoms with E-state index in [9.17, 15) is 18.0 Å². The Morgan fingerprint density at radius 1 is 1.23 bits per heavy atom. The van der Waals surface area contributed by atoms with Gasteiger partial charge in [-0.1, -0.05) is 6.07 Å². The molecule has 3 aromatic rings. The van der Waals surface area contributed by atoms with Gasteiger partial charge in [-0.3, -0.25) is 9.36 Å². The number of rotatable bonds is 2. The second-order valence-electron chi connectivity index (χ2n) is 4.83. The van der Waals surface area contributed by atoms with Crippen molar-refractivity contribution in [2.45, 2.75) is 12.6 Å². The number of nitrogens with zero attached hydrogens (tertiary/aromatic N) is 1. The van der Waals surface area contributed by atoms with Crippen LogP contribution in [0.2, 0.25) is 0 Å². The molecule has 1 aromatic carbocycles. The molecule has 2 heterocycles. The molecular weight excluding hydrogens is 313 g/mol. The minimum atomic E-state index is -4.61. The molecule has 0 fully saturated rings. The van der Waals surface area contributed by atoms with Gasteiger partial charge in [0.05, 0.1) is 11.9 Å². The van der Waals surface area contributed by atoms with Gasteiger partial charge < -0.3 is 5.73 Å². The summed E-state index contributed by atoms with van der Waals surface area (Å²) < 4.78 is 40.4. The maximum absolute atomic E-state index is 13.2. The molecule has 0 amide bonds. The van der Waals surface area contributed by atoms with Crippen LogP contribution in [0.3, 0.4) is 0 Å². The molecule has 22 heavy (non-hydrogen) atoms. The lowest BCUT2D eigenvalue weighted by atomic mass is 10.2. The van der Waals surface area contributed by atoms with Crippen molar-refractivity contribution in [3.63, 3.8) is 0 Å². The molecule has 2 aromatic heterocycles. The van der Waals surface area contributed by atoms with Crippen LogP contribution < -0.4 is 5.73 Å². The van der Waals surface area contributed by atoms with Crippen LogP contribution in [0.15, 0.2) is 41.8 Å². The van der Waals surface area contributed by atoms with E-state index in [2.05, 4.69) is 0 Å². The summed E-state index contributed by atoms with van der Waals surface area (Å²) in [4.78, 5) is 13.1. The summed E-state index contributed by atoms with van der Waals surface area (Å²) in [5, 5.41) is 2.08. The number of anilines is 1. The van der Waals surface area contributed by atoms with Crippen LogP contribution >= 0.6 is 11.3 Å². The van der Waals surface area contributed by atoms with Gasteiger partial charge in [0.25, 0.3) is 0 Å². The number of hydrogen-bond acceptors (Lipinski definition) is 3. The fraction of sp³-hybridized carbons (Fsp3) is 0.133. The number of carbonyl (C=O) groups excluding carboxylic acids is 1. The van der Waals surface area contributed by atoms with E-state index in [4.69, 9.17) is 5.73 Å². The lowest BCUT2D eigenvalue weighted by molar-refractivity contribution is -0.142. The second-order valence-corrected chi connectivity index (χ2v) is 5.86. The number of aromatic nitrogens is 1. The Balaban J connectivity index is 2.15. The van der Waals surface area contributed by atoms with E-state index in [1.807, 2.05) is 0 Å². The second kappa shape index (κ2) is 5.17. The lowest BCUT2D eigenvalue weighted by Gasteiger charge is -2.11. The smallest absolute Gasteiger partial charge is 0.399 e. The van der Waals surface area contributed by atoms with Crippen LogP contribution in [0.4, 0.5) is 18.9 Å². The first-order chi connectivity index (χ1) is 10.4. The highest BCUT2D eigenvalue weighted by Gasteiger charge is 2.37. The summed E-state index contributed by atoms with van der Waals surface area (Å²) in [6.45, 7) is 0. The summed E-state index contributed by atoms with van der Waals surface area (Å²) in [7, 11) is 0. The van der Waals surface area contributed by atoms with Gasteiger partial charge in [0, 0.05) is 16.0 Å². The molecule has 0 radical (unpaired) electrons. The Bertz CT molecular complexity index is 834. The van der Waals surface area contributed by atoms with Gasteiger partial charge in [-0.25, -0.2) is 0 Å². The van der Waals surface area contributed by atoms with Crippen molar-refractivity contribution in [1.29, 1.82) is 0 Å². The molecular formula is C15H11F3N2OS. The van der Waals surface area contributed by atoms with Crippen molar-refractivity contribution in [2.24, 2.45) is 0 Å². The molecule has 3 rings (SSSR count). The first-order valence-electron chi connectivity index (χ1n) is 6.40. The third-order valence-electron chi connectivity index (χ3n) is 3.27. The van der Waals surface area contributed by atoms with Gasteiger partial charge in [-0.15, -0.1) is 11.3 Å². The van der Waals surface area contributed by atoms with Gasteiger partial charge in [0.15, 0.2) is 0 Å². The van der Waals surface area contributed by atoms with Crippen LogP contribution in [-0.4, -0.2) is 10.5 Å². The van der Waals surface area contributed by atoms with Crippen molar-refractivity contribution in [1.82, 2.24) is 4.57 Å². The zero-order valence-electron chi connectivity index (χ0n) is 11.2. The zero-order chi connectivity index (χ0) is 15.9. The Morgan fingerprint density at radius 2 is 2.00 bits per heavy atom. The van der Waals surface area contributed by atoms with Crippen LogP contribution in [0.5, 0.6) is 0 Å². The molecule has 0 saturated carbocycles. The van der Waals surface area contributed by atoms with Gasteiger partial charge in [0.1, 0.15) is 5.69 Å². The van der Waals surface area contributed by atoms with Crippen molar-refractivity contribution >= 4 is 33.8 Å². The standard InChI is InChI=1S/C15H11F3N2OS/c16-15(17,18)13-7-9-6-10(19)3-4-12(9)20(13)14(21)8-11-2-1-5-22-11/h1-7H,8,19H2. The number of benzene rings is 1. The fourth-order valence-corrected chi connectivity index (χ4v) is 3.05. The van der Waals surface area contributed by atoms with E-state index in [1.54, 1.807) is 17.5 Å². The minimum Gasteiger partial charge on any atom is -0.399 e. The van der Waals surface area contributed by atoms with Gasteiger partial charge in [0.2, 0.25) is 5.91 Å². The first-order valence-corrected chi connectivity index (χ1v) is 7.28. The summed E-state index contributed by atoms with van der Waals surface area (Å²) in [6, 6.07) is 8.78. The molecule has 0 aliphatic heterocycles. The average Bonchev–Trinajstić information content (AvgIpc) is 3.03. The first kappa shape index (κ1) is 14.6. The Kier molecular flexibility index (Phi) is 3.44. The number of alkyl halides is 3. The Hall–Kier alpha value is -2.28. The van der Waals surface area contributed by atoms with E-state index in [1.165, 1.54) is 29.5 Å². The van der Waals surface area contributed by atoms with E-state index in [0.717, 1.165) is 15.5 Å². The molecule has 0 atom stereocenters. The number of hydrogen-bond donors (Lipinski definition) is 1. The van der Waals surface area contributed by atoms with Crippen LogP contribution in [0.25, 0.3) is 10.9 Å². The van der Waals surface area contributed by atoms with Crippen LogP contribution in [0, 0.1) is 0 Å².